The number of aromatic nitrogens is 2. The van der Waals surface area contributed by atoms with Gasteiger partial charge in [0.15, 0.2) is 0 Å². The number of rotatable bonds is 5. The van der Waals surface area contributed by atoms with E-state index in [1.807, 2.05) is 32.4 Å². The summed E-state index contributed by atoms with van der Waals surface area (Å²) in [5, 5.41) is 20.2. The van der Waals surface area contributed by atoms with Crippen LogP contribution < -0.4 is 10.6 Å². The van der Waals surface area contributed by atoms with E-state index in [1.54, 1.807) is 6.92 Å². The number of nitrogens with one attached hydrogen (secondary N) is 2. The summed E-state index contributed by atoms with van der Waals surface area (Å²) in [6.45, 7) is 9.45. The topological polar surface area (TPSA) is 79.2 Å². The number of aliphatic hydroxyl groups excluding tert-OH is 1. The fourth-order valence-corrected chi connectivity index (χ4v) is 2.73. The quantitative estimate of drug-likeness (QED) is 0.774. The highest BCUT2D eigenvalue weighted by Crippen LogP contribution is 2.22. The maximum atomic E-state index is 13.0. The summed E-state index contributed by atoms with van der Waals surface area (Å²) >= 11 is 0. The third kappa shape index (κ3) is 4.36. The fourth-order valence-electron chi connectivity index (χ4n) is 2.73. The van der Waals surface area contributed by atoms with Crippen molar-refractivity contribution in [3.05, 3.63) is 47.0 Å². The molecule has 2 amide bonds. The van der Waals surface area contributed by atoms with Gasteiger partial charge in [-0.2, -0.15) is 5.10 Å². The zero-order valence-electron chi connectivity index (χ0n) is 15.2. The molecule has 0 aliphatic heterocycles. The van der Waals surface area contributed by atoms with E-state index in [2.05, 4.69) is 15.7 Å². The highest BCUT2D eigenvalue weighted by atomic mass is 19.1. The molecule has 2 rings (SSSR count). The molecule has 136 valence electrons. The van der Waals surface area contributed by atoms with Gasteiger partial charge >= 0.3 is 6.03 Å². The molecule has 0 aliphatic rings. The van der Waals surface area contributed by atoms with E-state index in [0.717, 1.165) is 11.4 Å². The molecule has 0 saturated carbocycles. The number of benzene rings is 1. The number of urea groups is 1. The summed E-state index contributed by atoms with van der Waals surface area (Å²) in [4.78, 5) is 12.3. The molecule has 1 aromatic carbocycles. The molecule has 0 saturated heterocycles. The van der Waals surface area contributed by atoms with Crippen molar-refractivity contribution >= 4 is 11.7 Å². The van der Waals surface area contributed by atoms with Gasteiger partial charge < -0.3 is 15.7 Å². The Labute approximate surface area is 147 Å². The zero-order chi connectivity index (χ0) is 18.7. The van der Waals surface area contributed by atoms with Gasteiger partial charge in [0.25, 0.3) is 0 Å². The van der Waals surface area contributed by atoms with Gasteiger partial charge in [-0.15, -0.1) is 0 Å². The number of nitrogens with zero attached hydrogens (tertiary/aromatic N) is 2. The van der Waals surface area contributed by atoms with E-state index >= 15 is 0 Å². The average Bonchev–Trinajstić information content (AvgIpc) is 2.83. The van der Waals surface area contributed by atoms with Crippen LogP contribution in [0.25, 0.3) is 0 Å². The molecule has 0 aliphatic carbocycles. The lowest BCUT2D eigenvalue weighted by Gasteiger charge is -2.21. The largest absolute Gasteiger partial charge is 0.386 e. The van der Waals surface area contributed by atoms with Crippen LogP contribution in [0.2, 0.25) is 0 Å². The maximum Gasteiger partial charge on any atom is 0.319 e. The first-order chi connectivity index (χ1) is 11.7. The predicted molar refractivity (Wildman–Crippen MR) is 95.1 cm³/mol. The van der Waals surface area contributed by atoms with E-state index < -0.39 is 18.2 Å². The minimum absolute atomic E-state index is 0.191. The predicted octanol–water partition coefficient (Wildman–Crippen LogP) is 3.46. The smallest absolute Gasteiger partial charge is 0.319 e. The monoisotopic (exact) mass is 348 g/mol. The van der Waals surface area contributed by atoms with Crippen molar-refractivity contribution in [2.24, 2.45) is 0 Å². The zero-order valence-corrected chi connectivity index (χ0v) is 15.2. The highest BCUT2D eigenvalue weighted by molar-refractivity contribution is 5.90. The Hall–Kier alpha value is -2.41. The van der Waals surface area contributed by atoms with Crippen molar-refractivity contribution in [3.63, 3.8) is 0 Å². The number of carbonyl (C=O) groups excluding carboxylic acids is 1. The lowest BCUT2D eigenvalue weighted by atomic mass is 10.0. The first-order valence-electron chi connectivity index (χ1n) is 8.27. The van der Waals surface area contributed by atoms with Crippen molar-refractivity contribution in [3.8, 4) is 0 Å². The molecule has 2 atom stereocenters. The van der Waals surface area contributed by atoms with Crippen molar-refractivity contribution in [1.29, 1.82) is 0 Å². The van der Waals surface area contributed by atoms with Crippen LogP contribution in [0.3, 0.4) is 0 Å². The van der Waals surface area contributed by atoms with Gasteiger partial charge in [-0.3, -0.25) is 4.68 Å². The second-order valence-corrected chi connectivity index (χ2v) is 6.47. The van der Waals surface area contributed by atoms with Crippen LogP contribution >= 0.6 is 0 Å². The van der Waals surface area contributed by atoms with Crippen molar-refractivity contribution < 1.29 is 14.3 Å². The van der Waals surface area contributed by atoms with Crippen LogP contribution in [-0.2, 0) is 0 Å². The summed E-state index contributed by atoms with van der Waals surface area (Å²) in [5.74, 6) is -0.373. The Morgan fingerprint density at radius 2 is 1.80 bits per heavy atom. The summed E-state index contributed by atoms with van der Waals surface area (Å²) in [7, 11) is 0. The number of halogens is 1. The van der Waals surface area contributed by atoms with Crippen LogP contribution in [-0.4, -0.2) is 27.0 Å². The third-order valence-corrected chi connectivity index (χ3v) is 4.10. The lowest BCUT2D eigenvalue weighted by Crippen LogP contribution is -2.39. The van der Waals surface area contributed by atoms with Gasteiger partial charge in [-0.25, -0.2) is 9.18 Å². The Balaban J connectivity index is 2.03. The number of aryl methyl sites for hydroxylation is 1. The molecular formula is C18H25FN4O2. The SMILES string of the molecule is Cc1nn(C(C)C)c(C)c1NC(=O)NC(C)C(O)c1ccc(F)cc1. The first kappa shape index (κ1) is 18.9. The standard InChI is InChI=1S/C18H25FN4O2/c1-10(2)23-13(5)16(11(3)22-23)21-18(25)20-12(4)17(24)14-6-8-15(19)9-7-14/h6-10,12,17,24H,1-5H3,(H2,20,21,25). The van der Waals surface area contributed by atoms with E-state index in [9.17, 15) is 14.3 Å². The summed E-state index contributed by atoms with van der Waals surface area (Å²) < 4.78 is 14.8. The molecule has 25 heavy (non-hydrogen) atoms. The van der Waals surface area contributed by atoms with E-state index in [4.69, 9.17) is 0 Å². The number of carbonyl (C=O) groups is 1. The molecule has 0 fully saturated rings. The number of amides is 2. The highest BCUT2D eigenvalue weighted by Gasteiger charge is 2.20. The Bertz CT molecular complexity index is 740. The Morgan fingerprint density at radius 1 is 1.20 bits per heavy atom. The molecule has 3 N–H and O–H groups in total. The minimum atomic E-state index is -0.938. The van der Waals surface area contributed by atoms with E-state index in [1.165, 1.54) is 24.3 Å². The first-order valence-corrected chi connectivity index (χ1v) is 8.27. The van der Waals surface area contributed by atoms with Gasteiger partial charge in [0.1, 0.15) is 5.82 Å². The second kappa shape index (κ2) is 7.65. The van der Waals surface area contributed by atoms with Crippen molar-refractivity contribution in [1.82, 2.24) is 15.1 Å². The van der Waals surface area contributed by atoms with Gasteiger partial charge in [0, 0.05) is 6.04 Å². The maximum absolute atomic E-state index is 13.0. The molecular weight excluding hydrogens is 323 g/mol. The molecule has 6 nitrogen and oxygen atoms in total. The Kier molecular flexibility index (Phi) is 5.79. The normalized spacial score (nSPS) is 13.6. The number of hydrogen-bond donors (Lipinski definition) is 3. The molecule has 0 radical (unpaired) electrons. The number of aliphatic hydroxyl groups is 1. The number of anilines is 1. The van der Waals surface area contributed by atoms with Gasteiger partial charge in [-0.1, -0.05) is 12.1 Å². The molecule has 7 heteroatoms. The molecule has 2 aromatic rings. The van der Waals surface area contributed by atoms with Crippen molar-refractivity contribution in [2.45, 2.75) is 52.8 Å². The molecule has 1 heterocycles. The van der Waals surface area contributed by atoms with Gasteiger partial charge in [0.05, 0.1) is 29.2 Å². The van der Waals surface area contributed by atoms with E-state index in [-0.39, 0.29) is 11.9 Å². The van der Waals surface area contributed by atoms with Crippen LogP contribution in [0.4, 0.5) is 14.9 Å². The average molecular weight is 348 g/mol. The molecule has 0 spiro atoms. The lowest BCUT2D eigenvalue weighted by molar-refractivity contribution is 0.139. The van der Waals surface area contributed by atoms with Crippen molar-refractivity contribution in [2.75, 3.05) is 5.32 Å². The summed E-state index contributed by atoms with van der Waals surface area (Å²) in [5.41, 5.74) is 2.80. The van der Waals surface area contributed by atoms with Crippen LogP contribution in [0.1, 0.15) is 49.9 Å². The molecule has 2 unspecified atom stereocenters. The van der Waals surface area contributed by atoms with Crippen LogP contribution in [0.5, 0.6) is 0 Å². The number of hydrogen-bond acceptors (Lipinski definition) is 3. The molecule has 1 aromatic heterocycles. The van der Waals surface area contributed by atoms with Gasteiger partial charge in [-0.05, 0) is 52.3 Å². The molecule has 0 bridgehead atoms. The minimum Gasteiger partial charge on any atom is -0.386 e. The second-order valence-electron chi connectivity index (χ2n) is 6.47. The Morgan fingerprint density at radius 3 is 2.32 bits per heavy atom. The fraction of sp³-hybridized carbons (Fsp3) is 0.444. The summed E-state index contributed by atoms with van der Waals surface area (Å²) in [6.07, 6.45) is -0.938. The van der Waals surface area contributed by atoms with Crippen LogP contribution in [0, 0.1) is 19.7 Å². The van der Waals surface area contributed by atoms with Gasteiger partial charge in [0.2, 0.25) is 0 Å². The third-order valence-electron chi connectivity index (χ3n) is 4.10. The van der Waals surface area contributed by atoms with Crippen LogP contribution in [0.15, 0.2) is 24.3 Å². The van der Waals surface area contributed by atoms with E-state index in [0.29, 0.717) is 11.3 Å². The summed E-state index contributed by atoms with van der Waals surface area (Å²) in [6, 6.07) is 4.76.